The van der Waals surface area contributed by atoms with Gasteiger partial charge in [-0.05, 0) is 17.7 Å². The lowest BCUT2D eigenvalue weighted by Crippen LogP contribution is -2.26. The van der Waals surface area contributed by atoms with Crippen molar-refractivity contribution in [3.05, 3.63) is 23.8 Å². The summed E-state index contributed by atoms with van der Waals surface area (Å²) in [6.45, 7) is 0. The molecule has 100 valence electrons. The molecule has 0 saturated heterocycles. The van der Waals surface area contributed by atoms with Crippen molar-refractivity contribution < 1.29 is 31.4 Å². The van der Waals surface area contributed by atoms with E-state index >= 15 is 0 Å². The molecule has 1 aliphatic heterocycles. The highest BCUT2D eigenvalue weighted by Crippen LogP contribution is 2.42. The van der Waals surface area contributed by atoms with Gasteiger partial charge in [-0.1, -0.05) is 6.07 Å². The van der Waals surface area contributed by atoms with Crippen LogP contribution < -0.4 is 15.2 Å². The van der Waals surface area contributed by atoms with Gasteiger partial charge in [-0.2, -0.15) is 13.2 Å². The number of rotatable bonds is 2. The monoisotopic (exact) mass is 269 g/mol. The van der Waals surface area contributed by atoms with Gasteiger partial charge in [-0.25, -0.2) is 0 Å². The smallest absolute Gasteiger partial charge is 0.395 e. The van der Waals surface area contributed by atoms with Crippen LogP contribution >= 0.6 is 0 Å². The molecule has 1 atom stereocenters. The number of fused-ring (bicyclic) bond motifs is 1. The highest BCUT2D eigenvalue weighted by molar-refractivity contribution is 5.45. The molecule has 0 aromatic heterocycles. The second kappa shape index (κ2) is 3.98. The van der Waals surface area contributed by atoms with Crippen molar-refractivity contribution in [1.29, 1.82) is 0 Å². The van der Waals surface area contributed by atoms with E-state index in [1.165, 1.54) is 6.07 Å². The minimum Gasteiger partial charge on any atom is -0.395 e. The number of halogens is 5. The maximum absolute atomic E-state index is 12.7. The molecule has 0 amide bonds. The van der Waals surface area contributed by atoms with Gasteiger partial charge in [-0.3, -0.25) is 0 Å². The minimum absolute atomic E-state index is 0.0485. The summed E-state index contributed by atoms with van der Waals surface area (Å²) in [6, 6.07) is 1.97. The molecule has 2 rings (SSSR count). The maximum Gasteiger partial charge on any atom is 0.586 e. The van der Waals surface area contributed by atoms with Crippen molar-refractivity contribution in [2.75, 3.05) is 0 Å². The quantitative estimate of drug-likeness (QED) is 0.839. The van der Waals surface area contributed by atoms with E-state index in [-0.39, 0.29) is 17.1 Å². The molecule has 0 radical (unpaired) electrons. The Morgan fingerprint density at radius 3 is 2.39 bits per heavy atom. The topological polar surface area (TPSA) is 44.5 Å². The van der Waals surface area contributed by atoms with Crippen LogP contribution in [0.15, 0.2) is 18.2 Å². The lowest BCUT2D eigenvalue weighted by Gasteiger charge is -2.14. The van der Waals surface area contributed by atoms with Crippen molar-refractivity contribution in [1.82, 2.24) is 0 Å². The second-order valence-corrected chi connectivity index (χ2v) is 3.80. The molecule has 0 fully saturated rings. The standard InChI is InChI=1S/C10H8F5NO2/c11-9(12,13)4-6(16)5-1-2-7-8(3-5)18-10(14,15)17-7/h1-3,6H,4,16H2/t6-/m1/s1. The summed E-state index contributed by atoms with van der Waals surface area (Å²) in [5.74, 6) is -0.557. The average Bonchev–Trinajstić information content (AvgIpc) is 2.47. The molecular formula is C10H8F5NO2. The summed E-state index contributed by atoms with van der Waals surface area (Å²) in [6.07, 6.45) is -9.47. The van der Waals surface area contributed by atoms with Gasteiger partial charge in [-0.15, -0.1) is 8.78 Å². The molecule has 1 aromatic rings. The number of benzene rings is 1. The van der Waals surface area contributed by atoms with Crippen LogP contribution in [0, 0.1) is 0 Å². The van der Waals surface area contributed by atoms with E-state index in [1.54, 1.807) is 0 Å². The van der Waals surface area contributed by atoms with Crippen LogP contribution in [0.4, 0.5) is 22.0 Å². The van der Waals surface area contributed by atoms with Gasteiger partial charge >= 0.3 is 12.5 Å². The highest BCUT2D eigenvalue weighted by Gasteiger charge is 2.43. The fourth-order valence-electron chi connectivity index (χ4n) is 1.56. The Hall–Kier alpha value is -1.57. The molecule has 2 N–H and O–H groups in total. The first-order valence-corrected chi connectivity index (χ1v) is 4.88. The third kappa shape index (κ3) is 2.81. The Morgan fingerprint density at radius 2 is 1.78 bits per heavy atom. The van der Waals surface area contributed by atoms with Crippen LogP contribution in [0.1, 0.15) is 18.0 Å². The molecule has 8 heteroatoms. The van der Waals surface area contributed by atoms with E-state index in [0.29, 0.717) is 0 Å². The summed E-state index contributed by atoms with van der Waals surface area (Å²) in [7, 11) is 0. The lowest BCUT2D eigenvalue weighted by molar-refractivity contribution is -0.286. The van der Waals surface area contributed by atoms with E-state index in [1.807, 2.05) is 0 Å². The molecule has 18 heavy (non-hydrogen) atoms. The summed E-state index contributed by atoms with van der Waals surface area (Å²) in [4.78, 5) is 0. The first-order chi connectivity index (χ1) is 8.16. The maximum atomic E-state index is 12.7. The Bertz CT molecular complexity index is 460. The predicted octanol–water partition coefficient (Wildman–Crippen LogP) is 2.96. The van der Waals surface area contributed by atoms with Crippen LogP contribution in [-0.2, 0) is 0 Å². The van der Waals surface area contributed by atoms with Gasteiger partial charge in [0.25, 0.3) is 0 Å². The Balaban J connectivity index is 2.18. The Labute approximate surface area is 98.3 Å². The van der Waals surface area contributed by atoms with Crippen LogP contribution in [0.2, 0.25) is 0 Å². The summed E-state index contributed by atoms with van der Waals surface area (Å²) in [5, 5.41) is 0. The molecule has 0 bridgehead atoms. The number of hydrogen-bond donors (Lipinski definition) is 1. The van der Waals surface area contributed by atoms with E-state index in [2.05, 4.69) is 9.47 Å². The zero-order chi connectivity index (χ0) is 13.6. The summed E-state index contributed by atoms with van der Waals surface area (Å²) < 4.78 is 70.0. The fraction of sp³-hybridized carbons (Fsp3) is 0.400. The van der Waals surface area contributed by atoms with Gasteiger partial charge in [0.05, 0.1) is 6.42 Å². The zero-order valence-corrected chi connectivity index (χ0v) is 8.80. The minimum atomic E-state index is -4.43. The van der Waals surface area contributed by atoms with Crippen molar-refractivity contribution >= 4 is 0 Å². The number of alkyl halides is 5. The van der Waals surface area contributed by atoms with Crippen molar-refractivity contribution in [3.8, 4) is 11.5 Å². The van der Waals surface area contributed by atoms with E-state index in [0.717, 1.165) is 12.1 Å². The fourth-order valence-corrected chi connectivity index (χ4v) is 1.56. The number of hydrogen-bond acceptors (Lipinski definition) is 3. The summed E-state index contributed by atoms with van der Waals surface area (Å²) >= 11 is 0. The molecule has 1 aliphatic rings. The molecule has 0 unspecified atom stereocenters. The van der Waals surface area contributed by atoms with Crippen LogP contribution in [0.5, 0.6) is 11.5 Å². The number of ether oxygens (including phenoxy) is 2. The third-order valence-corrected chi connectivity index (χ3v) is 2.30. The van der Waals surface area contributed by atoms with Gasteiger partial charge in [0.1, 0.15) is 0 Å². The van der Waals surface area contributed by atoms with Crippen LogP contribution in [0.25, 0.3) is 0 Å². The Kier molecular flexibility index (Phi) is 2.84. The normalized spacial score (nSPS) is 18.8. The number of nitrogens with two attached hydrogens (primary N) is 1. The molecule has 1 heterocycles. The molecule has 1 aromatic carbocycles. The first-order valence-electron chi connectivity index (χ1n) is 4.88. The van der Waals surface area contributed by atoms with Gasteiger partial charge in [0.15, 0.2) is 11.5 Å². The lowest BCUT2D eigenvalue weighted by atomic mass is 10.0. The highest BCUT2D eigenvalue weighted by atomic mass is 19.4. The van der Waals surface area contributed by atoms with E-state index in [9.17, 15) is 22.0 Å². The third-order valence-electron chi connectivity index (χ3n) is 2.30. The van der Waals surface area contributed by atoms with Crippen LogP contribution in [0.3, 0.4) is 0 Å². The Morgan fingerprint density at radius 1 is 1.17 bits per heavy atom. The van der Waals surface area contributed by atoms with E-state index < -0.39 is 24.9 Å². The predicted molar refractivity (Wildman–Crippen MR) is 50.2 cm³/mol. The zero-order valence-electron chi connectivity index (χ0n) is 8.80. The molecule has 0 spiro atoms. The van der Waals surface area contributed by atoms with Crippen molar-refractivity contribution in [2.45, 2.75) is 24.9 Å². The summed E-state index contributed by atoms with van der Waals surface area (Å²) in [5.41, 5.74) is 5.39. The molecule has 0 saturated carbocycles. The van der Waals surface area contributed by atoms with Gasteiger partial charge in [0.2, 0.25) is 0 Å². The largest absolute Gasteiger partial charge is 0.586 e. The second-order valence-electron chi connectivity index (χ2n) is 3.80. The van der Waals surface area contributed by atoms with Gasteiger partial charge in [0, 0.05) is 6.04 Å². The SMILES string of the molecule is N[C@H](CC(F)(F)F)c1ccc2c(c1)OC(F)(F)O2. The van der Waals surface area contributed by atoms with Crippen molar-refractivity contribution in [2.24, 2.45) is 5.73 Å². The average molecular weight is 269 g/mol. The van der Waals surface area contributed by atoms with Gasteiger partial charge < -0.3 is 15.2 Å². The molecule has 0 aliphatic carbocycles. The van der Waals surface area contributed by atoms with Crippen molar-refractivity contribution in [3.63, 3.8) is 0 Å². The molecular weight excluding hydrogens is 261 g/mol. The van der Waals surface area contributed by atoms with E-state index in [4.69, 9.17) is 5.73 Å². The van der Waals surface area contributed by atoms with Crippen LogP contribution in [-0.4, -0.2) is 12.5 Å². The first kappa shape index (κ1) is 12.9. The molecule has 3 nitrogen and oxygen atoms in total.